The first-order chi connectivity index (χ1) is 39.8. The zero-order valence-electron chi connectivity index (χ0n) is 48.9. The first-order valence-electron chi connectivity index (χ1n) is 29.3. The lowest BCUT2D eigenvalue weighted by atomic mass is 9.67. The van der Waals surface area contributed by atoms with Crippen molar-refractivity contribution in [3.8, 4) is 65.8 Å². The van der Waals surface area contributed by atoms with Crippen LogP contribution in [0.2, 0.25) is 0 Å². The summed E-state index contributed by atoms with van der Waals surface area (Å²) < 4.78 is 25.5. The number of fused-ring (bicyclic) bond motifs is 7. The highest BCUT2D eigenvalue weighted by molar-refractivity contribution is 7.19. The highest BCUT2D eigenvalue weighted by Crippen LogP contribution is 2.55. The van der Waals surface area contributed by atoms with Crippen molar-refractivity contribution in [3.63, 3.8) is 0 Å². The molecule has 0 fully saturated rings. The second kappa shape index (κ2) is 19.0. The van der Waals surface area contributed by atoms with E-state index < -0.39 is 16.8 Å². The van der Waals surface area contributed by atoms with Crippen LogP contribution in [0, 0.1) is 0 Å². The monoisotopic (exact) mass is 1110 g/mol. The Morgan fingerprint density at radius 1 is 0.518 bits per heavy atom. The summed E-state index contributed by atoms with van der Waals surface area (Å²) in [7, 11) is 0. The molecular formula is C75H67NO6S. The number of hydrogen-bond acceptors (Lipinski definition) is 8. The molecule has 0 N–H and O–H groups in total. The van der Waals surface area contributed by atoms with Crippen LogP contribution in [0.3, 0.4) is 0 Å². The molecule has 0 aliphatic carbocycles. The van der Waals surface area contributed by atoms with Gasteiger partial charge in [-0.25, -0.2) is 9.59 Å². The Balaban J connectivity index is 0.924. The fourth-order valence-electron chi connectivity index (χ4n) is 13.6. The van der Waals surface area contributed by atoms with Crippen LogP contribution >= 0.6 is 11.3 Å². The molecule has 12 aromatic rings. The van der Waals surface area contributed by atoms with Gasteiger partial charge >= 0.3 is 11.3 Å². The van der Waals surface area contributed by atoms with E-state index in [1.807, 2.05) is 65.8 Å². The molecule has 0 spiro atoms. The Bertz CT molecular complexity index is 4700. The second-order valence-electron chi connectivity index (χ2n) is 25.9. The number of benzene rings is 9. The van der Waals surface area contributed by atoms with Crippen LogP contribution in [-0.4, -0.2) is 24.3 Å². The Hall–Kier alpha value is -8.46. The number of ether oxygens (including phenoxy) is 2. The largest absolute Gasteiger partial charge is 0.488 e. The number of thiophene rings is 1. The van der Waals surface area contributed by atoms with Gasteiger partial charge in [-0.3, -0.25) is 0 Å². The van der Waals surface area contributed by atoms with Crippen molar-refractivity contribution in [1.29, 1.82) is 0 Å². The average molecular weight is 1110 g/mol. The van der Waals surface area contributed by atoms with E-state index in [1.165, 1.54) is 16.8 Å². The van der Waals surface area contributed by atoms with E-state index in [4.69, 9.17) is 18.3 Å². The number of nitrogens with zero attached hydrogens (tertiary/aromatic N) is 1. The van der Waals surface area contributed by atoms with Gasteiger partial charge in [-0.1, -0.05) is 143 Å². The molecule has 5 heterocycles. The van der Waals surface area contributed by atoms with Crippen LogP contribution in [-0.2, 0) is 10.8 Å². The highest BCUT2D eigenvalue weighted by atomic mass is 32.1. The van der Waals surface area contributed by atoms with Crippen molar-refractivity contribution in [1.82, 2.24) is 0 Å². The molecule has 414 valence electrons. The second-order valence-corrected chi connectivity index (χ2v) is 27.0. The highest BCUT2D eigenvalue weighted by Gasteiger charge is 2.43. The lowest BCUT2D eigenvalue weighted by Gasteiger charge is -2.48. The van der Waals surface area contributed by atoms with Crippen LogP contribution in [0.5, 0.6) is 11.5 Å². The Morgan fingerprint density at radius 2 is 1.05 bits per heavy atom. The molecule has 0 saturated carbocycles. The summed E-state index contributed by atoms with van der Waals surface area (Å²) >= 11 is 1.65. The van der Waals surface area contributed by atoms with Gasteiger partial charge in [-0.05, 0) is 185 Å². The molecular weight excluding hydrogens is 1040 g/mol. The summed E-state index contributed by atoms with van der Waals surface area (Å²) in [4.78, 5) is 33.2. The van der Waals surface area contributed by atoms with Gasteiger partial charge in [0.1, 0.15) is 33.9 Å². The average Bonchev–Trinajstić information content (AvgIpc) is 2.40. The van der Waals surface area contributed by atoms with Gasteiger partial charge in [-0.2, -0.15) is 0 Å². The van der Waals surface area contributed by atoms with Crippen molar-refractivity contribution >= 4 is 82.1 Å². The summed E-state index contributed by atoms with van der Waals surface area (Å²) in [6, 6.07) is 57.6. The molecule has 1 atom stereocenters. The van der Waals surface area contributed by atoms with E-state index in [0.717, 1.165) is 130 Å². The standard InChI is InChI=1S/C75H67NO6S/c1-11-75(10)34-36-76-35-33-74(8,9)58-39-45-38-57(71(78)80-69(45)67(75)68(58)76)61-31-32-62(83-61)64-49-25-14-18-29-53(49)66(54-30-19-15-26-50(54)64)65-51-27-16-12-23-47(51)63(48-24-13-17-28-52(48)65)44-22-20-21-43(37-44)55-42-56-59(79-70(55)77)40-46(81-72(2,3)4)41-60(56)82-73(5,6)7/h12-32,37-42H,11,33-36H2,1-10H3. The summed E-state index contributed by atoms with van der Waals surface area (Å²) in [6.07, 6.45) is 3.09. The zero-order valence-corrected chi connectivity index (χ0v) is 49.7. The fourth-order valence-corrected chi connectivity index (χ4v) is 14.7. The molecule has 1 unspecified atom stereocenters. The van der Waals surface area contributed by atoms with Crippen LogP contribution in [0.15, 0.2) is 182 Å². The lowest BCUT2D eigenvalue weighted by Crippen LogP contribution is -2.45. The number of anilines is 1. The minimum Gasteiger partial charge on any atom is -0.488 e. The molecule has 2 aliphatic heterocycles. The SMILES string of the molecule is CCC1(C)CCN2CCC(C)(C)c3cc4cc(-c5ccc(-c6c7ccccc7c(-c7c8ccccc8c(-c8cccc(-c9cc%10c(OC(C)(C)C)cc(OC(C)(C)C)cc%10oc9=O)c8)c8ccccc78)c7ccccc67)s5)c(=O)oc4c1c32. The van der Waals surface area contributed by atoms with Gasteiger partial charge in [0.2, 0.25) is 0 Å². The third-order valence-electron chi connectivity index (χ3n) is 17.7. The maximum Gasteiger partial charge on any atom is 0.345 e. The van der Waals surface area contributed by atoms with Gasteiger partial charge in [0.15, 0.2) is 0 Å². The summed E-state index contributed by atoms with van der Waals surface area (Å²) in [5.74, 6) is 1.14. The topological polar surface area (TPSA) is 82.1 Å². The van der Waals surface area contributed by atoms with Gasteiger partial charge < -0.3 is 23.2 Å². The first kappa shape index (κ1) is 52.6. The van der Waals surface area contributed by atoms with E-state index in [9.17, 15) is 9.59 Å². The quantitative estimate of drug-likeness (QED) is 0.111. The van der Waals surface area contributed by atoms with Crippen LogP contribution in [0.25, 0.3) is 119 Å². The van der Waals surface area contributed by atoms with Crippen molar-refractivity contribution < 1.29 is 18.3 Å². The minimum absolute atomic E-state index is 0.00365. The Labute approximate surface area is 487 Å². The lowest BCUT2D eigenvalue weighted by molar-refractivity contribution is 0.122. The molecule has 0 saturated heterocycles. The maximum atomic E-state index is 14.5. The Kier molecular flexibility index (Phi) is 12.1. The van der Waals surface area contributed by atoms with Crippen LogP contribution < -0.4 is 25.6 Å². The summed E-state index contributed by atoms with van der Waals surface area (Å²) in [6.45, 7) is 23.4. The normalized spacial score (nSPS) is 16.1. The molecule has 3 aromatic heterocycles. The third-order valence-corrected chi connectivity index (χ3v) is 18.8. The van der Waals surface area contributed by atoms with E-state index in [-0.39, 0.29) is 16.5 Å². The maximum absolute atomic E-state index is 14.5. The van der Waals surface area contributed by atoms with Crippen molar-refractivity contribution in [3.05, 3.63) is 196 Å². The molecule has 7 nitrogen and oxygen atoms in total. The summed E-state index contributed by atoms with van der Waals surface area (Å²) in [5, 5.41) is 10.6. The first-order valence-corrected chi connectivity index (χ1v) is 30.1. The van der Waals surface area contributed by atoms with Gasteiger partial charge in [0, 0.05) is 57.2 Å². The van der Waals surface area contributed by atoms with E-state index in [1.54, 1.807) is 17.4 Å². The van der Waals surface area contributed by atoms with Crippen molar-refractivity contribution in [2.75, 3.05) is 18.0 Å². The molecule has 8 heteroatoms. The van der Waals surface area contributed by atoms with E-state index in [0.29, 0.717) is 33.6 Å². The van der Waals surface area contributed by atoms with Crippen molar-refractivity contribution in [2.45, 2.75) is 111 Å². The van der Waals surface area contributed by atoms with Crippen LogP contribution in [0.1, 0.15) is 99.6 Å². The van der Waals surface area contributed by atoms with E-state index >= 15 is 0 Å². The van der Waals surface area contributed by atoms with Gasteiger partial charge in [0.05, 0.1) is 16.5 Å². The molecule has 0 amide bonds. The molecule has 0 radical (unpaired) electrons. The molecule has 83 heavy (non-hydrogen) atoms. The third kappa shape index (κ3) is 8.74. The van der Waals surface area contributed by atoms with Gasteiger partial charge in [0.25, 0.3) is 0 Å². The molecule has 9 aromatic carbocycles. The Morgan fingerprint density at radius 3 is 1.63 bits per heavy atom. The van der Waals surface area contributed by atoms with Crippen LogP contribution in [0.4, 0.5) is 5.69 Å². The number of hydrogen-bond donors (Lipinski definition) is 0. The van der Waals surface area contributed by atoms with Crippen molar-refractivity contribution in [2.24, 2.45) is 0 Å². The predicted octanol–water partition coefficient (Wildman–Crippen LogP) is 19.8. The summed E-state index contributed by atoms with van der Waals surface area (Å²) in [5.41, 5.74) is 10.4. The molecule has 2 aliphatic rings. The molecule has 0 bridgehead atoms. The smallest absolute Gasteiger partial charge is 0.345 e. The minimum atomic E-state index is -0.527. The molecule has 14 rings (SSSR count). The van der Waals surface area contributed by atoms with E-state index in [2.05, 4.69) is 166 Å². The van der Waals surface area contributed by atoms with Gasteiger partial charge in [-0.15, -0.1) is 11.3 Å². The fraction of sp³-hybridized carbons (Fsp3) is 0.253. The number of rotatable bonds is 8. The zero-order chi connectivity index (χ0) is 57.5. The predicted molar refractivity (Wildman–Crippen MR) is 346 cm³/mol.